The van der Waals surface area contributed by atoms with E-state index in [1.54, 1.807) is 42.6 Å². The van der Waals surface area contributed by atoms with Crippen LogP contribution >= 0.6 is 34.7 Å². The fourth-order valence-corrected chi connectivity index (χ4v) is 6.30. The number of amides is 1. The van der Waals surface area contributed by atoms with E-state index in [-0.39, 0.29) is 21.2 Å². The third-order valence-corrected chi connectivity index (χ3v) is 8.67. The number of ketones is 2. The van der Waals surface area contributed by atoms with Crippen LogP contribution in [0.5, 0.6) is 0 Å². The third-order valence-electron chi connectivity index (χ3n) is 7.42. The van der Waals surface area contributed by atoms with Crippen LogP contribution in [-0.4, -0.2) is 43.7 Å². The van der Waals surface area contributed by atoms with E-state index in [1.807, 2.05) is 0 Å². The number of anilines is 1. The molecule has 3 aromatic carbocycles. The summed E-state index contributed by atoms with van der Waals surface area (Å²) < 4.78 is 10.0. The first-order valence-corrected chi connectivity index (χ1v) is 13.9. The number of aliphatic carboxylic acids is 1. The normalized spacial score (nSPS) is 23.1. The van der Waals surface area contributed by atoms with Gasteiger partial charge in [0.2, 0.25) is 23.1 Å². The lowest BCUT2D eigenvalue weighted by Gasteiger charge is -2.25. The summed E-state index contributed by atoms with van der Waals surface area (Å²) in [6, 6.07) is 15.8. The quantitative estimate of drug-likeness (QED) is 0.277. The highest BCUT2D eigenvalue weighted by Crippen LogP contribution is 2.54. The molecule has 1 aliphatic carbocycles. The van der Waals surface area contributed by atoms with Crippen molar-refractivity contribution < 1.29 is 29.0 Å². The Morgan fingerprint density at radius 1 is 0.976 bits per heavy atom. The van der Waals surface area contributed by atoms with Crippen LogP contribution in [0.4, 0.5) is 5.69 Å². The van der Waals surface area contributed by atoms with Crippen LogP contribution in [0.25, 0.3) is 11.3 Å². The van der Waals surface area contributed by atoms with Crippen molar-refractivity contribution in [2.75, 3.05) is 5.32 Å². The first-order chi connectivity index (χ1) is 19.6. The summed E-state index contributed by atoms with van der Waals surface area (Å²) in [5.41, 5.74) is 0.464. The van der Waals surface area contributed by atoms with Gasteiger partial charge in [-0.2, -0.15) is 0 Å². The Morgan fingerprint density at radius 3 is 2.37 bits per heavy atom. The number of carboxylic acids is 1. The zero-order chi connectivity index (χ0) is 29.1. The van der Waals surface area contributed by atoms with E-state index in [4.69, 9.17) is 27.9 Å². The van der Waals surface area contributed by atoms with Gasteiger partial charge in [-0.25, -0.2) is 0 Å². The molecule has 1 saturated heterocycles. The fraction of sp³-hybridized carbons (Fsp3) is 0.172. The van der Waals surface area contributed by atoms with Gasteiger partial charge in [-0.05, 0) is 54.4 Å². The number of hydrogen-bond acceptors (Lipinski definition) is 8. The van der Waals surface area contributed by atoms with Crippen molar-refractivity contribution in [3.63, 3.8) is 0 Å². The molecule has 4 atom stereocenters. The van der Waals surface area contributed by atoms with Crippen molar-refractivity contribution in [3.05, 3.63) is 98.3 Å². The lowest BCUT2D eigenvalue weighted by Crippen LogP contribution is -2.52. The van der Waals surface area contributed by atoms with Gasteiger partial charge in [0.15, 0.2) is 0 Å². The summed E-state index contributed by atoms with van der Waals surface area (Å²) in [5.74, 6) is -7.20. The number of hydrogen-bond donors (Lipinski definition) is 2. The lowest BCUT2D eigenvalue weighted by atomic mass is 9.75. The standard InChI is InChI=1S/C29H19Cl2N3O6S/c1-13-2-8-17-18(10-13)26(36)29(25(17)35)23(28(38)39)22(24(40-29)15-5-9-19(30)20(31)11-15)27(37)32-16-6-3-14(4-7-16)21-12-41-34-33-21/h2-12,22-24H,1H3,(H,32,37)(H,38,39)/t22-,23+,24+,29-/m0/s1. The molecule has 2 heterocycles. The topological polar surface area (TPSA) is 136 Å². The smallest absolute Gasteiger partial charge is 0.311 e. The molecule has 0 unspecified atom stereocenters. The van der Waals surface area contributed by atoms with Crippen LogP contribution < -0.4 is 5.32 Å². The van der Waals surface area contributed by atoms with E-state index in [1.165, 1.54) is 41.9 Å². The molecule has 1 amide bonds. The van der Waals surface area contributed by atoms with E-state index in [0.29, 0.717) is 22.5 Å². The molecule has 0 bridgehead atoms. The minimum absolute atomic E-state index is 0.0490. The van der Waals surface area contributed by atoms with Gasteiger partial charge in [-0.3, -0.25) is 19.2 Å². The van der Waals surface area contributed by atoms with E-state index in [0.717, 1.165) is 5.56 Å². The molecule has 4 aromatic rings. The number of nitrogens with one attached hydrogen (secondary N) is 1. The number of fused-ring (bicyclic) bond motifs is 1. The summed E-state index contributed by atoms with van der Waals surface area (Å²) in [6.07, 6.45) is -1.31. The predicted molar refractivity (Wildman–Crippen MR) is 151 cm³/mol. The summed E-state index contributed by atoms with van der Waals surface area (Å²) in [4.78, 5) is 54.5. The van der Waals surface area contributed by atoms with Gasteiger partial charge in [0.1, 0.15) is 11.6 Å². The molecule has 1 aromatic heterocycles. The molecule has 206 valence electrons. The van der Waals surface area contributed by atoms with E-state index in [9.17, 15) is 24.3 Å². The number of carboxylic acid groups (broad SMARTS) is 1. The van der Waals surface area contributed by atoms with Gasteiger partial charge in [0, 0.05) is 27.8 Å². The number of Topliss-reactive ketones (excluding diaryl/α,β-unsaturated/α-hetero) is 2. The molecule has 12 heteroatoms. The first kappa shape index (κ1) is 27.2. The molecule has 0 saturated carbocycles. The van der Waals surface area contributed by atoms with Gasteiger partial charge in [-0.1, -0.05) is 63.6 Å². The maximum absolute atomic E-state index is 13.9. The highest BCUT2D eigenvalue weighted by Gasteiger charge is 2.71. The second-order valence-corrected chi connectivity index (χ2v) is 11.3. The number of carbonyl (C=O) groups is 4. The number of rotatable bonds is 5. The van der Waals surface area contributed by atoms with Gasteiger partial charge >= 0.3 is 5.97 Å². The lowest BCUT2D eigenvalue weighted by molar-refractivity contribution is -0.147. The van der Waals surface area contributed by atoms with Crippen LogP contribution in [0.1, 0.15) is 37.9 Å². The monoisotopic (exact) mass is 607 g/mol. The van der Waals surface area contributed by atoms with Gasteiger partial charge in [0.25, 0.3) is 0 Å². The first-order valence-electron chi connectivity index (χ1n) is 12.4. The zero-order valence-corrected chi connectivity index (χ0v) is 23.5. The van der Waals surface area contributed by atoms with Crippen LogP contribution in [0.3, 0.4) is 0 Å². The Hall–Kier alpha value is -3.96. The van der Waals surface area contributed by atoms with E-state index >= 15 is 0 Å². The highest BCUT2D eigenvalue weighted by molar-refractivity contribution is 7.03. The van der Waals surface area contributed by atoms with Crippen LogP contribution in [-0.2, 0) is 14.3 Å². The Bertz CT molecular complexity index is 1740. The molecule has 9 nitrogen and oxygen atoms in total. The molecule has 2 N–H and O–H groups in total. The average molecular weight is 608 g/mol. The minimum atomic E-state index is -2.44. The number of ether oxygens (including phenoxy) is 1. The van der Waals surface area contributed by atoms with Crippen molar-refractivity contribution >= 4 is 63.9 Å². The Morgan fingerprint density at radius 2 is 1.71 bits per heavy atom. The number of nitrogens with zero attached hydrogens (tertiary/aromatic N) is 2. The third kappa shape index (κ3) is 4.34. The molecule has 0 radical (unpaired) electrons. The summed E-state index contributed by atoms with van der Waals surface area (Å²) >= 11 is 13.6. The zero-order valence-electron chi connectivity index (χ0n) is 21.1. The van der Waals surface area contributed by atoms with Gasteiger partial charge < -0.3 is 15.2 Å². The van der Waals surface area contributed by atoms with Crippen molar-refractivity contribution in [2.24, 2.45) is 11.8 Å². The van der Waals surface area contributed by atoms with E-state index in [2.05, 4.69) is 14.9 Å². The molecule has 1 spiro atoms. The molecule has 41 heavy (non-hydrogen) atoms. The van der Waals surface area contributed by atoms with Gasteiger partial charge in [-0.15, -0.1) is 5.10 Å². The second-order valence-electron chi connectivity index (χ2n) is 9.85. The molecular weight excluding hydrogens is 589 g/mol. The fourth-order valence-electron chi connectivity index (χ4n) is 5.53. The second kappa shape index (κ2) is 10.1. The largest absolute Gasteiger partial charge is 0.481 e. The van der Waals surface area contributed by atoms with Crippen molar-refractivity contribution in [3.8, 4) is 11.3 Å². The summed E-state index contributed by atoms with van der Waals surface area (Å²) in [6.45, 7) is 1.75. The minimum Gasteiger partial charge on any atom is -0.481 e. The van der Waals surface area contributed by atoms with E-state index < -0.39 is 47.0 Å². The molecule has 1 aliphatic heterocycles. The van der Waals surface area contributed by atoms with Crippen molar-refractivity contribution in [1.29, 1.82) is 0 Å². The number of halogens is 2. The molecular formula is C29H19Cl2N3O6S. The number of aromatic nitrogens is 2. The van der Waals surface area contributed by atoms with Crippen LogP contribution in [0.2, 0.25) is 10.0 Å². The Labute approximate surface area is 247 Å². The maximum atomic E-state index is 13.9. The molecule has 1 fully saturated rings. The van der Waals surface area contributed by atoms with Crippen LogP contribution in [0, 0.1) is 18.8 Å². The van der Waals surface area contributed by atoms with Crippen molar-refractivity contribution in [2.45, 2.75) is 18.6 Å². The molecule has 2 aliphatic rings. The number of benzene rings is 3. The SMILES string of the molecule is Cc1ccc2c(c1)C(=O)[C@@]1(O[C@H](c3ccc(Cl)c(Cl)c3)[C@@H](C(=O)Nc3ccc(-c4csnn4)cc3)[C@@H]1C(=O)O)C2=O. The predicted octanol–water partition coefficient (Wildman–Crippen LogP) is 5.67. The van der Waals surface area contributed by atoms with Crippen LogP contribution in [0.15, 0.2) is 66.0 Å². The average Bonchev–Trinajstić information content (AvgIpc) is 3.66. The van der Waals surface area contributed by atoms with Gasteiger partial charge in [0.05, 0.1) is 22.1 Å². The number of aryl methyl sites for hydroxylation is 1. The highest BCUT2D eigenvalue weighted by atomic mass is 35.5. The summed E-state index contributed by atoms with van der Waals surface area (Å²) in [5, 5.41) is 19.4. The number of carbonyl (C=O) groups excluding carboxylic acids is 3. The molecule has 6 rings (SSSR count). The Kier molecular flexibility index (Phi) is 6.74. The Balaban J connectivity index is 1.44. The van der Waals surface area contributed by atoms with Crippen molar-refractivity contribution in [1.82, 2.24) is 9.59 Å². The maximum Gasteiger partial charge on any atom is 0.311 e. The summed E-state index contributed by atoms with van der Waals surface area (Å²) in [7, 11) is 0.